The summed E-state index contributed by atoms with van der Waals surface area (Å²) in [5.74, 6) is 0.599. The molecule has 122 valence electrons. The Morgan fingerprint density at radius 2 is 1.70 bits per heavy atom. The van der Waals surface area contributed by atoms with E-state index >= 15 is 0 Å². The maximum atomic E-state index is 12.3. The molecule has 0 N–H and O–H groups in total. The van der Waals surface area contributed by atoms with Gasteiger partial charge in [-0.15, -0.1) is 0 Å². The van der Waals surface area contributed by atoms with Gasteiger partial charge in [0.05, 0.1) is 18.3 Å². The van der Waals surface area contributed by atoms with Crippen molar-refractivity contribution in [3.63, 3.8) is 0 Å². The van der Waals surface area contributed by atoms with E-state index < -0.39 is 5.97 Å². The number of carbonyl (C=O) groups is 1. The molecule has 0 aliphatic carbocycles. The Balaban J connectivity index is 2.10. The van der Waals surface area contributed by atoms with Crippen LogP contribution in [0.3, 0.4) is 0 Å². The Morgan fingerprint density at radius 3 is 2.30 bits per heavy atom. The first-order valence-electron chi connectivity index (χ1n) is 7.72. The van der Waals surface area contributed by atoms with Crippen molar-refractivity contribution in [2.24, 2.45) is 0 Å². The molecule has 23 heavy (non-hydrogen) atoms. The molecule has 0 amide bonds. The number of carbonyl (C=O) groups excluding carboxylic acids is 1. The molecule has 0 aromatic heterocycles. The lowest BCUT2D eigenvalue weighted by molar-refractivity contribution is 0.0727. The third kappa shape index (κ3) is 4.57. The molecule has 2 aromatic carbocycles. The largest absolute Gasteiger partial charge is 0.490 e. The van der Waals surface area contributed by atoms with Crippen molar-refractivity contribution in [1.29, 1.82) is 0 Å². The first-order valence-corrected chi connectivity index (χ1v) is 7.72. The van der Waals surface area contributed by atoms with Crippen molar-refractivity contribution < 1.29 is 19.0 Å². The lowest BCUT2D eigenvalue weighted by Crippen LogP contribution is -2.10. The summed E-state index contributed by atoms with van der Waals surface area (Å²) >= 11 is 0. The van der Waals surface area contributed by atoms with Crippen LogP contribution in [0.4, 0.5) is 0 Å². The van der Waals surface area contributed by atoms with Gasteiger partial charge in [-0.3, -0.25) is 0 Å². The van der Waals surface area contributed by atoms with E-state index in [1.165, 1.54) is 0 Å². The second-order valence-electron chi connectivity index (χ2n) is 5.18. The maximum absolute atomic E-state index is 12.3. The average molecular weight is 314 g/mol. The van der Waals surface area contributed by atoms with Crippen LogP contribution in [-0.2, 0) is 4.74 Å². The fourth-order valence-electron chi connectivity index (χ4n) is 2.05. The molecule has 0 fully saturated rings. The quantitative estimate of drug-likeness (QED) is 0.561. The van der Waals surface area contributed by atoms with Crippen molar-refractivity contribution in [2.75, 3.05) is 13.7 Å². The molecule has 0 saturated heterocycles. The monoisotopic (exact) mass is 314 g/mol. The summed E-state index contributed by atoms with van der Waals surface area (Å²) in [5, 5.41) is 0. The molecule has 4 nitrogen and oxygen atoms in total. The summed E-state index contributed by atoms with van der Waals surface area (Å²) < 4.78 is 16.3. The van der Waals surface area contributed by atoms with Crippen molar-refractivity contribution >= 4 is 5.97 Å². The molecule has 4 heteroatoms. The highest BCUT2D eigenvalue weighted by molar-refractivity contribution is 5.91. The lowest BCUT2D eigenvalue weighted by atomic mass is 10.1. The smallest absolute Gasteiger partial charge is 0.343 e. The van der Waals surface area contributed by atoms with Gasteiger partial charge in [0.2, 0.25) is 0 Å². The van der Waals surface area contributed by atoms with E-state index in [0.717, 1.165) is 12.0 Å². The number of hydrogen-bond acceptors (Lipinski definition) is 4. The second-order valence-corrected chi connectivity index (χ2v) is 5.18. The zero-order chi connectivity index (χ0) is 16.7. The number of hydrogen-bond donors (Lipinski definition) is 0. The van der Waals surface area contributed by atoms with Crippen LogP contribution in [0, 0.1) is 0 Å². The summed E-state index contributed by atoms with van der Waals surface area (Å²) in [5.41, 5.74) is 1.50. The van der Waals surface area contributed by atoms with Gasteiger partial charge in [0.1, 0.15) is 0 Å². The van der Waals surface area contributed by atoms with Gasteiger partial charge in [-0.05, 0) is 43.2 Å². The first kappa shape index (κ1) is 17.0. The fraction of sp³-hybridized carbons (Fsp3) is 0.316. The van der Waals surface area contributed by atoms with E-state index in [2.05, 4.69) is 0 Å². The topological polar surface area (TPSA) is 44.8 Å². The highest BCUT2D eigenvalue weighted by Gasteiger charge is 2.13. The van der Waals surface area contributed by atoms with Crippen LogP contribution in [-0.4, -0.2) is 19.7 Å². The molecule has 0 heterocycles. The van der Waals surface area contributed by atoms with Crippen molar-refractivity contribution in [3.8, 4) is 11.5 Å². The third-order valence-electron chi connectivity index (χ3n) is 3.48. The third-order valence-corrected chi connectivity index (χ3v) is 3.48. The van der Waals surface area contributed by atoms with Crippen LogP contribution >= 0.6 is 0 Å². The second kappa shape index (κ2) is 8.34. The molecule has 0 radical (unpaired) electrons. The minimum atomic E-state index is -0.408. The van der Waals surface area contributed by atoms with Crippen molar-refractivity contribution in [2.45, 2.75) is 26.4 Å². The van der Waals surface area contributed by atoms with E-state index in [4.69, 9.17) is 14.2 Å². The van der Waals surface area contributed by atoms with Gasteiger partial charge in [0.15, 0.2) is 11.5 Å². The predicted octanol–water partition coefficient (Wildman–Crippen LogP) is 4.40. The number of para-hydroxylation sites is 2. The number of ether oxygens (including phenoxy) is 3. The summed E-state index contributed by atoms with van der Waals surface area (Å²) in [6, 6.07) is 14.4. The Bertz CT molecular complexity index is 634. The van der Waals surface area contributed by atoms with E-state index in [1.807, 2.05) is 38.1 Å². The predicted molar refractivity (Wildman–Crippen MR) is 89.1 cm³/mol. The van der Waals surface area contributed by atoms with Crippen molar-refractivity contribution in [3.05, 3.63) is 59.7 Å². The number of rotatable bonds is 7. The Kier molecular flexibility index (Phi) is 6.18. The number of benzene rings is 2. The molecular formula is C19H22O4. The van der Waals surface area contributed by atoms with Gasteiger partial charge in [-0.1, -0.05) is 31.2 Å². The molecule has 0 saturated carbocycles. The molecule has 0 aliphatic rings. The van der Waals surface area contributed by atoms with Crippen LogP contribution in [0.5, 0.6) is 11.5 Å². The highest BCUT2D eigenvalue weighted by atomic mass is 16.6. The molecular weight excluding hydrogens is 292 g/mol. The highest BCUT2D eigenvalue weighted by Crippen LogP contribution is 2.27. The molecule has 0 spiro atoms. The minimum absolute atomic E-state index is 0.0109. The molecule has 2 aromatic rings. The number of methoxy groups -OCH3 is 1. The maximum Gasteiger partial charge on any atom is 0.343 e. The molecule has 0 bridgehead atoms. The SMILES string of the molecule is CCCOc1ccccc1OC(=O)c1ccc(C(C)OC)cc1. The molecule has 1 unspecified atom stereocenters. The Morgan fingerprint density at radius 1 is 1.04 bits per heavy atom. The normalized spacial score (nSPS) is 11.8. The van der Waals surface area contributed by atoms with Gasteiger partial charge >= 0.3 is 5.97 Å². The minimum Gasteiger partial charge on any atom is -0.490 e. The Hall–Kier alpha value is -2.33. The van der Waals surface area contributed by atoms with Crippen LogP contribution in [0.1, 0.15) is 42.3 Å². The van der Waals surface area contributed by atoms with Gasteiger partial charge in [-0.25, -0.2) is 4.79 Å². The summed E-state index contributed by atoms with van der Waals surface area (Å²) in [6.45, 7) is 4.56. The van der Waals surface area contributed by atoms with Crippen LogP contribution in [0.2, 0.25) is 0 Å². The fourth-order valence-corrected chi connectivity index (χ4v) is 2.05. The van der Waals surface area contributed by atoms with E-state index in [0.29, 0.717) is 23.7 Å². The van der Waals surface area contributed by atoms with Crippen molar-refractivity contribution in [1.82, 2.24) is 0 Å². The van der Waals surface area contributed by atoms with Gasteiger partial charge < -0.3 is 14.2 Å². The van der Waals surface area contributed by atoms with Crippen LogP contribution in [0.15, 0.2) is 48.5 Å². The van der Waals surface area contributed by atoms with Gasteiger partial charge in [-0.2, -0.15) is 0 Å². The van der Waals surface area contributed by atoms with E-state index in [-0.39, 0.29) is 6.10 Å². The summed E-state index contributed by atoms with van der Waals surface area (Å²) in [7, 11) is 1.65. The Labute approximate surface area is 137 Å². The van der Waals surface area contributed by atoms with E-state index in [1.54, 1.807) is 31.4 Å². The molecule has 2 rings (SSSR count). The van der Waals surface area contributed by atoms with Crippen LogP contribution in [0.25, 0.3) is 0 Å². The standard InChI is InChI=1S/C19H22O4/c1-4-13-22-17-7-5-6-8-18(17)23-19(20)16-11-9-15(10-12-16)14(2)21-3/h5-12,14H,4,13H2,1-3H3. The summed E-state index contributed by atoms with van der Waals surface area (Å²) in [6.07, 6.45) is 0.879. The first-order chi connectivity index (χ1) is 11.2. The van der Waals surface area contributed by atoms with E-state index in [9.17, 15) is 4.79 Å². The zero-order valence-electron chi connectivity index (χ0n) is 13.7. The molecule has 1 atom stereocenters. The van der Waals surface area contributed by atoms with Gasteiger partial charge in [0.25, 0.3) is 0 Å². The van der Waals surface area contributed by atoms with Gasteiger partial charge in [0, 0.05) is 7.11 Å². The van der Waals surface area contributed by atoms with Crippen LogP contribution < -0.4 is 9.47 Å². The average Bonchev–Trinajstić information content (AvgIpc) is 2.60. The summed E-state index contributed by atoms with van der Waals surface area (Å²) in [4.78, 5) is 12.3. The lowest BCUT2D eigenvalue weighted by Gasteiger charge is -2.12. The number of esters is 1. The molecule has 0 aliphatic heterocycles. The zero-order valence-corrected chi connectivity index (χ0v) is 13.7.